The molecule has 2 amide bonds. The van der Waals surface area contributed by atoms with E-state index in [9.17, 15) is 14.7 Å². The van der Waals surface area contributed by atoms with Gasteiger partial charge in [-0.15, -0.1) is 0 Å². The van der Waals surface area contributed by atoms with Crippen LogP contribution in [0.3, 0.4) is 0 Å². The second kappa shape index (κ2) is 6.71. The van der Waals surface area contributed by atoms with Crippen molar-refractivity contribution in [3.05, 3.63) is 41.7 Å². The van der Waals surface area contributed by atoms with E-state index in [4.69, 9.17) is 0 Å². The van der Waals surface area contributed by atoms with Crippen molar-refractivity contribution >= 4 is 23.3 Å². The van der Waals surface area contributed by atoms with Gasteiger partial charge in [-0.05, 0) is 23.6 Å². The van der Waals surface area contributed by atoms with Gasteiger partial charge in [0.25, 0.3) is 0 Å². The van der Waals surface area contributed by atoms with E-state index in [-0.39, 0.29) is 12.4 Å². The summed E-state index contributed by atoms with van der Waals surface area (Å²) < 4.78 is 4.56. The number of likely N-dealkylation sites (N-methyl/N-ethyl adjacent to an activating group) is 1. The van der Waals surface area contributed by atoms with Gasteiger partial charge in [0, 0.05) is 31.9 Å². The van der Waals surface area contributed by atoms with Gasteiger partial charge in [-0.3, -0.25) is 14.9 Å². The number of carbonyl (C=O) groups excluding carboxylic acids is 2. The number of aliphatic hydroxyl groups is 1. The topological polar surface area (TPSA) is 108 Å². The first kappa shape index (κ1) is 16.0. The Balaban J connectivity index is 1.54. The Hall–Kier alpha value is -2.87. The van der Waals surface area contributed by atoms with Crippen LogP contribution in [0.4, 0.5) is 11.5 Å². The number of fused-ring (bicyclic) bond motifs is 1. The summed E-state index contributed by atoms with van der Waals surface area (Å²) in [6, 6.07) is 7.14. The van der Waals surface area contributed by atoms with Gasteiger partial charge in [0.1, 0.15) is 6.26 Å². The summed E-state index contributed by atoms with van der Waals surface area (Å²) in [6.45, 7) is 0.896. The third-order valence-corrected chi connectivity index (χ3v) is 3.96. The van der Waals surface area contributed by atoms with E-state index in [1.807, 2.05) is 25.2 Å². The van der Waals surface area contributed by atoms with E-state index in [1.165, 1.54) is 17.9 Å². The molecule has 126 valence electrons. The Kier molecular flexibility index (Phi) is 4.48. The van der Waals surface area contributed by atoms with Crippen LogP contribution >= 0.6 is 0 Å². The Morgan fingerprint density at radius 3 is 2.96 bits per heavy atom. The molecule has 24 heavy (non-hydrogen) atoms. The molecule has 0 saturated heterocycles. The first-order chi connectivity index (χ1) is 11.5. The van der Waals surface area contributed by atoms with Crippen LogP contribution in [0.1, 0.15) is 17.2 Å². The second-order valence-electron chi connectivity index (χ2n) is 5.62. The van der Waals surface area contributed by atoms with Gasteiger partial charge in [0.05, 0.1) is 6.10 Å². The zero-order chi connectivity index (χ0) is 17.1. The quantitative estimate of drug-likeness (QED) is 0.703. The number of aromatic nitrogens is 1. The van der Waals surface area contributed by atoms with Crippen LogP contribution in [0.15, 0.2) is 35.1 Å². The van der Waals surface area contributed by atoms with Crippen molar-refractivity contribution in [1.29, 1.82) is 0 Å². The average molecular weight is 330 g/mol. The largest absolute Gasteiger partial charge is 0.387 e. The Morgan fingerprint density at radius 1 is 1.38 bits per heavy atom. The summed E-state index contributed by atoms with van der Waals surface area (Å²) in [4.78, 5) is 25.5. The number of rotatable bonds is 4. The maximum atomic E-state index is 11.7. The molecular weight excluding hydrogens is 312 g/mol. The van der Waals surface area contributed by atoms with Gasteiger partial charge in [-0.1, -0.05) is 17.3 Å². The van der Waals surface area contributed by atoms with Gasteiger partial charge >= 0.3 is 11.8 Å². The van der Waals surface area contributed by atoms with Crippen molar-refractivity contribution in [2.45, 2.75) is 12.5 Å². The number of nitrogens with one attached hydrogen (secondary N) is 2. The minimum Gasteiger partial charge on any atom is -0.387 e. The molecule has 3 rings (SSSR count). The van der Waals surface area contributed by atoms with E-state index < -0.39 is 17.9 Å². The second-order valence-corrected chi connectivity index (χ2v) is 5.62. The lowest BCUT2D eigenvalue weighted by molar-refractivity contribution is -0.136. The predicted molar refractivity (Wildman–Crippen MR) is 86.5 cm³/mol. The molecule has 3 N–H and O–H groups in total. The number of amides is 2. The van der Waals surface area contributed by atoms with Gasteiger partial charge in [0.15, 0.2) is 5.82 Å². The summed E-state index contributed by atoms with van der Waals surface area (Å²) in [7, 11) is 2.02. The minimum atomic E-state index is -0.884. The van der Waals surface area contributed by atoms with E-state index in [0.717, 1.165) is 18.7 Å². The fraction of sp³-hybridized carbons (Fsp3) is 0.312. The van der Waals surface area contributed by atoms with Crippen LogP contribution in [0.5, 0.6) is 0 Å². The summed E-state index contributed by atoms with van der Waals surface area (Å²) >= 11 is 0. The predicted octanol–water partition coefficient (Wildman–Crippen LogP) is 0.455. The van der Waals surface area contributed by atoms with Crippen molar-refractivity contribution in [2.75, 3.05) is 30.4 Å². The molecule has 0 fully saturated rings. The van der Waals surface area contributed by atoms with E-state index in [2.05, 4.69) is 25.2 Å². The molecule has 1 aliphatic rings. The normalized spacial score (nSPS) is 14.2. The number of aliphatic hydroxyl groups excluding tert-OH is 1. The summed E-state index contributed by atoms with van der Waals surface area (Å²) in [6.07, 6.45) is 1.33. The van der Waals surface area contributed by atoms with Crippen LogP contribution in [0, 0.1) is 0 Å². The zero-order valence-electron chi connectivity index (χ0n) is 13.2. The first-order valence-corrected chi connectivity index (χ1v) is 7.56. The number of nitrogens with zero attached hydrogens (tertiary/aromatic N) is 2. The van der Waals surface area contributed by atoms with Crippen LogP contribution < -0.4 is 15.5 Å². The van der Waals surface area contributed by atoms with E-state index in [1.54, 1.807) is 0 Å². The Morgan fingerprint density at radius 2 is 2.21 bits per heavy atom. The molecule has 8 nitrogen and oxygen atoms in total. The zero-order valence-corrected chi connectivity index (χ0v) is 13.2. The Bertz CT molecular complexity index is 745. The molecule has 0 saturated carbocycles. The lowest BCUT2D eigenvalue weighted by atomic mass is 10.0. The molecule has 1 aromatic heterocycles. The molecule has 2 aromatic rings. The van der Waals surface area contributed by atoms with E-state index in [0.29, 0.717) is 5.56 Å². The smallest absolute Gasteiger partial charge is 0.314 e. The SMILES string of the molecule is CN1CCc2cc([C@H](O)CNC(=O)C(=O)Nc3ccon3)ccc21. The average Bonchev–Trinajstić information content (AvgIpc) is 3.22. The van der Waals surface area contributed by atoms with Gasteiger partial charge in [0.2, 0.25) is 0 Å². The van der Waals surface area contributed by atoms with Crippen molar-refractivity contribution < 1.29 is 19.2 Å². The molecule has 0 radical (unpaired) electrons. The third kappa shape index (κ3) is 3.38. The number of hydrogen-bond acceptors (Lipinski definition) is 6. The fourth-order valence-corrected chi connectivity index (χ4v) is 2.63. The molecule has 0 spiro atoms. The molecule has 0 aliphatic carbocycles. The monoisotopic (exact) mass is 330 g/mol. The van der Waals surface area contributed by atoms with Crippen molar-refractivity contribution in [3.8, 4) is 0 Å². The highest BCUT2D eigenvalue weighted by Crippen LogP contribution is 2.29. The van der Waals surface area contributed by atoms with Crippen molar-refractivity contribution in [1.82, 2.24) is 10.5 Å². The number of hydrogen-bond donors (Lipinski definition) is 3. The number of anilines is 2. The summed E-state index contributed by atoms with van der Waals surface area (Å²) in [5.41, 5.74) is 3.03. The first-order valence-electron chi connectivity index (χ1n) is 7.56. The highest BCUT2D eigenvalue weighted by atomic mass is 16.5. The van der Waals surface area contributed by atoms with Gasteiger partial charge < -0.3 is 19.8 Å². The number of carbonyl (C=O) groups is 2. The molecule has 1 atom stereocenters. The van der Waals surface area contributed by atoms with Gasteiger partial charge in [-0.2, -0.15) is 0 Å². The fourth-order valence-electron chi connectivity index (χ4n) is 2.63. The lowest BCUT2D eigenvalue weighted by Gasteiger charge is -2.15. The molecule has 0 unspecified atom stereocenters. The Labute approximate surface area is 138 Å². The van der Waals surface area contributed by atoms with Crippen LogP contribution in [0.25, 0.3) is 0 Å². The maximum Gasteiger partial charge on any atom is 0.314 e. The van der Waals surface area contributed by atoms with E-state index >= 15 is 0 Å². The summed E-state index contributed by atoms with van der Waals surface area (Å²) in [5, 5.41) is 18.4. The highest BCUT2D eigenvalue weighted by Gasteiger charge is 2.20. The van der Waals surface area contributed by atoms with Crippen molar-refractivity contribution in [3.63, 3.8) is 0 Å². The van der Waals surface area contributed by atoms with Gasteiger partial charge in [-0.25, -0.2) is 0 Å². The molecule has 2 heterocycles. The standard InChI is InChI=1S/C16H18N4O4/c1-20-6-4-10-8-11(2-3-12(10)20)13(21)9-17-15(22)16(23)18-14-5-7-24-19-14/h2-3,5,7-8,13,21H,4,6,9H2,1H3,(H,17,22)(H,18,19,23)/t13-/m1/s1. The molecule has 1 aromatic carbocycles. The van der Waals surface area contributed by atoms with Crippen LogP contribution in [0.2, 0.25) is 0 Å². The number of benzene rings is 1. The molecular formula is C16H18N4O4. The highest BCUT2D eigenvalue weighted by molar-refractivity contribution is 6.39. The third-order valence-electron chi connectivity index (χ3n) is 3.96. The lowest BCUT2D eigenvalue weighted by Crippen LogP contribution is -2.37. The molecule has 8 heteroatoms. The van der Waals surface area contributed by atoms with Crippen LogP contribution in [-0.2, 0) is 16.0 Å². The molecule has 1 aliphatic heterocycles. The maximum absolute atomic E-state index is 11.7. The van der Waals surface area contributed by atoms with Crippen molar-refractivity contribution in [2.24, 2.45) is 0 Å². The molecule has 0 bridgehead atoms. The summed E-state index contributed by atoms with van der Waals surface area (Å²) in [5.74, 6) is -1.57. The minimum absolute atomic E-state index is 0.0559. The van der Waals surface area contributed by atoms with Crippen LogP contribution in [-0.4, -0.2) is 42.2 Å².